The van der Waals surface area contributed by atoms with E-state index in [1.165, 1.54) is 29.5 Å². The van der Waals surface area contributed by atoms with Crippen molar-refractivity contribution in [3.05, 3.63) is 34.9 Å². The van der Waals surface area contributed by atoms with E-state index in [-0.39, 0.29) is 0 Å². The van der Waals surface area contributed by atoms with Gasteiger partial charge in [-0.1, -0.05) is 30.7 Å². The lowest BCUT2D eigenvalue weighted by Gasteiger charge is -2.24. The lowest BCUT2D eigenvalue weighted by Crippen LogP contribution is -2.27. The molecular weight excluding hydrogens is 212 g/mol. The van der Waals surface area contributed by atoms with Crippen molar-refractivity contribution in [2.75, 3.05) is 6.61 Å². The summed E-state index contributed by atoms with van der Waals surface area (Å²) in [5.74, 6) is 0. The Morgan fingerprint density at radius 3 is 2.62 bits per heavy atom. The lowest BCUT2D eigenvalue weighted by atomic mass is 9.88. The minimum absolute atomic E-state index is 0.341. The number of rotatable bonds is 3. The van der Waals surface area contributed by atoms with Gasteiger partial charge in [-0.2, -0.15) is 0 Å². The number of aryl methyl sites for hydroxylation is 1. The molecule has 0 amide bonds. The van der Waals surface area contributed by atoms with Crippen molar-refractivity contribution in [3.63, 3.8) is 0 Å². The van der Waals surface area contributed by atoms with Crippen LogP contribution in [0.25, 0.3) is 0 Å². The molecule has 0 radical (unpaired) electrons. The Labute approximate surface area is 101 Å². The quantitative estimate of drug-likeness (QED) is 0.730. The molecule has 0 saturated carbocycles. The van der Waals surface area contributed by atoms with Crippen LogP contribution < -0.4 is 0 Å². The Hall–Kier alpha value is -0.603. The molecule has 0 N–H and O–H groups in total. The number of hydrogen-bond acceptors (Lipinski definition) is 1. The Kier molecular flexibility index (Phi) is 3.22. The monoisotopic (exact) mass is 234 g/mol. The van der Waals surface area contributed by atoms with Crippen LogP contribution in [0.2, 0.25) is 13.1 Å². The normalized spacial score (nSPS) is 23.8. The summed E-state index contributed by atoms with van der Waals surface area (Å²) in [5.41, 5.74) is 4.79. The number of benzene rings is 1. The van der Waals surface area contributed by atoms with Crippen LogP contribution in [0.4, 0.5) is 0 Å². The molecule has 0 aromatic heterocycles. The molecule has 1 aliphatic rings. The molecule has 0 spiro atoms. The van der Waals surface area contributed by atoms with Gasteiger partial charge in [-0.15, -0.1) is 0 Å². The molecular formula is C14H22OSi. The van der Waals surface area contributed by atoms with E-state index in [4.69, 9.17) is 4.43 Å². The molecule has 88 valence electrons. The fourth-order valence-corrected chi connectivity index (χ4v) is 3.28. The summed E-state index contributed by atoms with van der Waals surface area (Å²) in [4.78, 5) is 0. The van der Waals surface area contributed by atoms with E-state index in [1.54, 1.807) is 0 Å². The maximum Gasteiger partial charge on any atom is 0.170 e. The average Bonchev–Trinajstić information content (AvgIpc) is 2.51. The van der Waals surface area contributed by atoms with Crippen LogP contribution in [0.5, 0.6) is 0 Å². The Morgan fingerprint density at radius 2 is 1.94 bits per heavy atom. The molecule has 1 aromatic rings. The van der Waals surface area contributed by atoms with Gasteiger partial charge in [0.05, 0.1) is 0 Å². The van der Waals surface area contributed by atoms with Gasteiger partial charge in [0.2, 0.25) is 0 Å². The third-order valence-electron chi connectivity index (χ3n) is 3.36. The van der Waals surface area contributed by atoms with Crippen LogP contribution >= 0.6 is 0 Å². The Balaban J connectivity index is 2.09. The smallest absolute Gasteiger partial charge is 0.170 e. The summed E-state index contributed by atoms with van der Waals surface area (Å²) >= 11 is 0. The number of hydrogen-bond donors (Lipinski definition) is 0. The summed E-state index contributed by atoms with van der Waals surface area (Å²) in [5, 5.41) is 0. The molecule has 0 heterocycles. The SMILES string of the molecule is Cc1ccc2c(c1)CC(C)(CO[SiH](C)C)C2. The second kappa shape index (κ2) is 4.34. The minimum atomic E-state index is -0.878. The average molecular weight is 234 g/mol. The first-order valence-corrected chi connectivity index (χ1v) is 8.97. The third-order valence-corrected chi connectivity index (χ3v) is 4.19. The van der Waals surface area contributed by atoms with Crippen molar-refractivity contribution in [2.45, 2.75) is 39.8 Å². The van der Waals surface area contributed by atoms with Gasteiger partial charge in [-0.3, -0.25) is 0 Å². The van der Waals surface area contributed by atoms with E-state index in [0.29, 0.717) is 5.41 Å². The second-order valence-electron chi connectivity index (χ2n) is 5.80. The molecule has 0 fully saturated rings. The number of fused-ring (bicyclic) bond motifs is 1. The van der Waals surface area contributed by atoms with Gasteiger partial charge in [-0.25, -0.2) is 0 Å². The summed E-state index contributed by atoms with van der Waals surface area (Å²) in [7, 11) is -0.878. The summed E-state index contributed by atoms with van der Waals surface area (Å²) in [6.45, 7) is 9.96. The van der Waals surface area contributed by atoms with Gasteiger partial charge in [0.15, 0.2) is 9.04 Å². The maximum absolute atomic E-state index is 5.93. The van der Waals surface area contributed by atoms with E-state index in [1.807, 2.05) is 0 Å². The van der Waals surface area contributed by atoms with Gasteiger partial charge < -0.3 is 4.43 Å². The van der Waals surface area contributed by atoms with Crippen molar-refractivity contribution in [2.24, 2.45) is 5.41 Å². The molecule has 1 nitrogen and oxygen atoms in total. The van der Waals surface area contributed by atoms with Crippen LogP contribution in [0.15, 0.2) is 18.2 Å². The fourth-order valence-electron chi connectivity index (χ4n) is 2.54. The van der Waals surface area contributed by atoms with E-state index >= 15 is 0 Å². The first-order valence-electron chi connectivity index (χ1n) is 6.18. The summed E-state index contributed by atoms with van der Waals surface area (Å²) in [6, 6.07) is 6.86. The first-order chi connectivity index (χ1) is 7.48. The van der Waals surface area contributed by atoms with Crippen molar-refractivity contribution < 1.29 is 4.43 Å². The largest absolute Gasteiger partial charge is 0.420 e. The van der Waals surface area contributed by atoms with E-state index in [2.05, 4.69) is 45.1 Å². The van der Waals surface area contributed by atoms with Crippen LogP contribution in [-0.4, -0.2) is 15.6 Å². The Morgan fingerprint density at radius 1 is 1.25 bits per heavy atom. The van der Waals surface area contributed by atoms with Crippen molar-refractivity contribution in [3.8, 4) is 0 Å². The highest BCUT2D eigenvalue weighted by Gasteiger charge is 2.33. The topological polar surface area (TPSA) is 9.23 Å². The standard InChI is InChI=1S/C14H22OSi/c1-11-5-6-12-8-14(2,9-13(12)7-11)10-15-16(3)4/h5-7,16H,8-10H2,1-4H3. The highest BCUT2D eigenvalue weighted by atomic mass is 28.3. The van der Waals surface area contributed by atoms with Crippen molar-refractivity contribution in [1.82, 2.24) is 0 Å². The molecule has 1 atom stereocenters. The third kappa shape index (κ3) is 2.55. The second-order valence-corrected chi connectivity index (χ2v) is 8.23. The van der Waals surface area contributed by atoms with Gasteiger partial charge >= 0.3 is 0 Å². The molecule has 0 saturated heterocycles. The molecule has 1 unspecified atom stereocenters. The molecule has 16 heavy (non-hydrogen) atoms. The maximum atomic E-state index is 5.93. The highest BCUT2D eigenvalue weighted by molar-refractivity contribution is 6.48. The summed E-state index contributed by atoms with van der Waals surface area (Å²) in [6.07, 6.45) is 2.37. The summed E-state index contributed by atoms with van der Waals surface area (Å²) < 4.78 is 5.93. The zero-order valence-electron chi connectivity index (χ0n) is 10.8. The molecule has 0 bridgehead atoms. The van der Waals surface area contributed by atoms with Crippen LogP contribution in [0.1, 0.15) is 23.6 Å². The molecule has 1 aromatic carbocycles. The van der Waals surface area contributed by atoms with Crippen molar-refractivity contribution in [1.29, 1.82) is 0 Å². The molecule has 0 aliphatic heterocycles. The lowest BCUT2D eigenvalue weighted by molar-refractivity contribution is 0.173. The fraction of sp³-hybridized carbons (Fsp3) is 0.571. The van der Waals surface area contributed by atoms with Gasteiger partial charge in [-0.05, 0) is 49.4 Å². The van der Waals surface area contributed by atoms with Crippen LogP contribution in [-0.2, 0) is 17.3 Å². The Bertz CT molecular complexity index is 386. The predicted molar refractivity (Wildman–Crippen MR) is 71.5 cm³/mol. The van der Waals surface area contributed by atoms with Crippen LogP contribution in [0.3, 0.4) is 0 Å². The van der Waals surface area contributed by atoms with E-state index < -0.39 is 9.04 Å². The zero-order chi connectivity index (χ0) is 11.8. The van der Waals surface area contributed by atoms with Gasteiger partial charge in [0, 0.05) is 6.61 Å². The van der Waals surface area contributed by atoms with E-state index in [9.17, 15) is 0 Å². The molecule has 2 heteroatoms. The molecule has 2 rings (SSSR count). The van der Waals surface area contributed by atoms with Gasteiger partial charge in [0.1, 0.15) is 0 Å². The minimum Gasteiger partial charge on any atom is -0.420 e. The van der Waals surface area contributed by atoms with Crippen LogP contribution in [0, 0.1) is 12.3 Å². The zero-order valence-corrected chi connectivity index (χ0v) is 12.0. The van der Waals surface area contributed by atoms with Crippen molar-refractivity contribution >= 4 is 9.04 Å². The van der Waals surface area contributed by atoms with Gasteiger partial charge in [0.25, 0.3) is 0 Å². The van der Waals surface area contributed by atoms with E-state index in [0.717, 1.165) is 6.61 Å². The predicted octanol–water partition coefficient (Wildman–Crippen LogP) is 3.10. The highest BCUT2D eigenvalue weighted by Crippen LogP contribution is 2.37. The molecule has 1 aliphatic carbocycles. The first kappa shape index (κ1) is 11.9.